The molecule has 1 aliphatic heterocycles. The summed E-state index contributed by atoms with van der Waals surface area (Å²) in [6.07, 6.45) is 0. The third-order valence-corrected chi connectivity index (χ3v) is 3.27. The van der Waals surface area contributed by atoms with Gasteiger partial charge in [-0.3, -0.25) is 9.59 Å². The number of carboxylic acid groups (broad SMARTS) is 1. The zero-order valence-electron chi connectivity index (χ0n) is 11.3. The standard InChI is InChI=1S/C14H18N2O4/c1-10(14(18)19)13(17)15-11-2-4-12(5-3-11)16-6-8-20-9-7-16/h2-5,10H,6-9H2,1H3,(H,15,17)(H,18,19). The van der Waals surface area contributed by atoms with Crippen LogP contribution in [0.25, 0.3) is 0 Å². The fourth-order valence-electron chi connectivity index (χ4n) is 1.94. The summed E-state index contributed by atoms with van der Waals surface area (Å²) < 4.78 is 5.29. The molecule has 108 valence electrons. The van der Waals surface area contributed by atoms with E-state index in [1.165, 1.54) is 6.92 Å². The first kappa shape index (κ1) is 14.3. The molecule has 0 spiro atoms. The lowest BCUT2D eigenvalue weighted by molar-refractivity contribution is -0.144. The summed E-state index contributed by atoms with van der Waals surface area (Å²) in [6.45, 7) is 4.49. The molecule has 1 atom stereocenters. The van der Waals surface area contributed by atoms with E-state index in [2.05, 4.69) is 10.2 Å². The Hall–Kier alpha value is -2.08. The maximum atomic E-state index is 11.6. The van der Waals surface area contributed by atoms with Gasteiger partial charge in [0.2, 0.25) is 5.91 Å². The van der Waals surface area contributed by atoms with E-state index in [9.17, 15) is 9.59 Å². The highest BCUT2D eigenvalue weighted by Crippen LogP contribution is 2.19. The number of hydrogen-bond donors (Lipinski definition) is 2. The maximum Gasteiger partial charge on any atom is 0.315 e. The minimum absolute atomic E-state index is 0.517. The molecule has 1 aromatic carbocycles. The number of morpholine rings is 1. The van der Waals surface area contributed by atoms with Crippen LogP contribution in [0.2, 0.25) is 0 Å². The number of carboxylic acids is 1. The maximum absolute atomic E-state index is 11.6. The molecule has 0 saturated carbocycles. The molecule has 20 heavy (non-hydrogen) atoms. The number of anilines is 2. The third-order valence-electron chi connectivity index (χ3n) is 3.27. The van der Waals surface area contributed by atoms with E-state index >= 15 is 0 Å². The second kappa shape index (κ2) is 6.38. The minimum atomic E-state index is -1.13. The van der Waals surface area contributed by atoms with Crippen LogP contribution in [0.5, 0.6) is 0 Å². The number of ether oxygens (including phenoxy) is 1. The largest absolute Gasteiger partial charge is 0.481 e. The van der Waals surface area contributed by atoms with Gasteiger partial charge in [-0.2, -0.15) is 0 Å². The Morgan fingerprint density at radius 3 is 2.40 bits per heavy atom. The van der Waals surface area contributed by atoms with Crippen molar-refractivity contribution < 1.29 is 19.4 Å². The number of amides is 1. The smallest absolute Gasteiger partial charge is 0.315 e. The van der Waals surface area contributed by atoms with Gasteiger partial charge in [-0.05, 0) is 31.2 Å². The highest BCUT2D eigenvalue weighted by molar-refractivity contribution is 6.03. The van der Waals surface area contributed by atoms with Crippen molar-refractivity contribution in [2.75, 3.05) is 36.5 Å². The Labute approximate surface area is 117 Å². The first-order valence-corrected chi connectivity index (χ1v) is 6.54. The molecule has 0 aliphatic carbocycles. The van der Waals surface area contributed by atoms with Gasteiger partial charge in [0.1, 0.15) is 5.92 Å². The first-order valence-electron chi connectivity index (χ1n) is 6.54. The molecule has 6 nitrogen and oxygen atoms in total. The highest BCUT2D eigenvalue weighted by atomic mass is 16.5. The summed E-state index contributed by atoms with van der Waals surface area (Å²) in [5.41, 5.74) is 1.66. The zero-order chi connectivity index (χ0) is 14.5. The Balaban J connectivity index is 1.97. The van der Waals surface area contributed by atoms with Gasteiger partial charge >= 0.3 is 5.97 Å². The van der Waals surface area contributed by atoms with Crippen LogP contribution in [-0.2, 0) is 14.3 Å². The van der Waals surface area contributed by atoms with Crippen molar-refractivity contribution in [3.63, 3.8) is 0 Å². The topological polar surface area (TPSA) is 78.9 Å². The molecule has 6 heteroatoms. The molecule has 1 unspecified atom stereocenters. The molecule has 1 fully saturated rings. The molecule has 1 saturated heterocycles. The van der Waals surface area contributed by atoms with E-state index in [-0.39, 0.29) is 0 Å². The normalized spacial score (nSPS) is 16.6. The van der Waals surface area contributed by atoms with Gasteiger partial charge in [-0.15, -0.1) is 0 Å². The van der Waals surface area contributed by atoms with Crippen LogP contribution in [0.1, 0.15) is 6.92 Å². The molecule has 2 rings (SSSR count). The molecular weight excluding hydrogens is 260 g/mol. The SMILES string of the molecule is CC(C(=O)O)C(=O)Nc1ccc(N2CCOCC2)cc1. The van der Waals surface area contributed by atoms with Crippen LogP contribution < -0.4 is 10.2 Å². The number of benzene rings is 1. The molecule has 0 bridgehead atoms. The van der Waals surface area contributed by atoms with E-state index < -0.39 is 17.8 Å². The Bertz CT molecular complexity index is 480. The van der Waals surface area contributed by atoms with Crippen LogP contribution in [0.15, 0.2) is 24.3 Å². The molecule has 0 aromatic heterocycles. The van der Waals surface area contributed by atoms with Crippen molar-refractivity contribution in [1.29, 1.82) is 0 Å². The molecule has 1 aromatic rings. The third kappa shape index (κ3) is 3.48. The number of nitrogens with one attached hydrogen (secondary N) is 1. The van der Waals surface area contributed by atoms with E-state index in [4.69, 9.17) is 9.84 Å². The lowest BCUT2D eigenvalue weighted by Crippen LogP contribution is -2.36. The zero-order valence-corrected chi connectivity index (χ0v) is 11.3. The van der Waals surface area contributed by atoms with Crippen LogP contribution in [0, 0.1) is 5.92 Å². The van der Waals surface area contributed by atoms with Gasteiger partial charge in [0.25, 0.3) is 0 Å². The molecule has 2 N–H and O–H groups in total. The summed E-state index contributed by atoms with van der Waals surface area (Å²) in [5, 5.41) is 11.4. The van der Waals surface area contributed by atoms with Crippen LogP contribution in [0.3, 0.4) is 0 Å². The predicted molar refractivity (Wildman–Crippen MR) is 74.9 cm³/mol. The molecular formula is C14H18N2O4. The second-order valence-electron chi connectivity index (χ2n) is 4.70. The van der Waals surface area contributed by atoms with Crippen LogP contribution in [0.4, 0.5) is 11.4 Å². The van der Waals surface area contributed by atoms with Gasteiger partial charge in [0, 0.05) is 24.5 Å². The summed E-state index contributed by atoms with van der Waals surface area (Å²) in [6, 6.07) is 7.37. The lowest BCUT2D eigenvalue weighted by atomic mass is 10.1. The summed E-state index contributed by atoms with van der Waals surface area (Å²) in [7, 11) is 0. The number of carbonyl (C=O) groups is 2. The van der Waals surface area contributed by atoms with E-state index in [0.29, 0.717) is 18.9 Å². The number of aliphatic carboxylic acids is 1. The summed E-state index contributed by atoms with van der Waals surface area (Å²) in [4.78, 5) is 24.5. The molecule has 1 amide bonds. The minimum Gasteiger partial charge on any atom is -0.481 e. The number of rotatable bonds is 4. The van der Waals surface area contributed by atoms with Gasteiger partial charge in [-0.25, -0.2) is 0 Å². The van der Waals surface area contributed by atoms with E-state index in [1.807, 2.05) is 12.1 Å². The fraction of sp³-hybridized carbons (Fsp3) is 0.429. The average molecular weight is 278 g/mol. The van der Waals surface area contributed by atoms with Crippen molar-refractivity contribution in [2.45, 2.75) is 6.92 Å². The van der Waals surface area contributed by atoms with Crippen molar-refractivity contribution in [1.82, 2.24) is 0 Å². The Morgan fingerprint density at radius 1 is 1.25 bits per heavy atom. The van der Waals surface area contributed by atoms with E-state index in [1.54, 1.807) is 12.1 Å². The summed E-state index contributed by atoms with van der Waals surface area (Å²) >= 11 is 0. The Kier molecular flexibility index (Phi) is 4.57. The highest BCUT2D eigenvalue weighted by Gasteiger charge is 2.20. The fourth-order valence-corrected chi connectivity index (χ4v) is 1.94. The number of hydrogen-bond acceptors (Lipinski definition) is 4. The second-order valence-corrected chi connectivity index (χ2v) is 4.70. The van der Waals surface area contributed by atoms with Crippen molar-refractivity contribution in [2.24, 2.45) is 5.92 Å². The monoisotopic (exact) mass is 278 g/mol. The van der Waals surface area contributed by atoms with Gasteiger partial charge < -0.3 is 20.1 Å². The first-order chi connectivity index (χ1) is 9.58. The molecule has 0 radical (unpaired) electrons. The van der Waals surface area contributed by atoms with Crippen molar-refractivity contribution in [3.05, 3.63) is 24.3 Å². The van der Waals surface area contributed by atoms with Crippen LogP contribution >= 0.6 is 0 Å². The quantitative estimate of drug-likeness (QED) is 0.809. The van der Waals surface area contributed by atoms with Gasteiger partial charge in [0.05, 0.1) is 13.2 Å². The van der Waals surface area contributed by atoms with Crippen LogP contribution in [-0.4, -0.2) is 43.3 Å². The molecule has 1 heterocycles. The molecule has 1 aliphatic rings. The van der Waals surface area contributed by atoms with Crippen molar-refractivity contribution in [3.8, 4) is 0 Å². The number of nitrogens with zero attached hydrogens (tertiary/aromatic N) is 1. The van der Waals surface area contributed by atoms with E-state index in [0.717, 1.165) is 18.8 Å². The lowest BCUT2D eigenvalue weighted by Gasteiger charge is -2.28. The summed E-state index contributed by atoms with van der Waals surface area (Å²) in [5.74, 6) is -2.71. The van der Waals surface area contributed by atoms with Gasteiger partial charge in [-0.1, -0.05) is 0 Å². The number of carbonyl (C=O) groups excluding carboxylic acids is 1. The van der Waals surface area contributed by atoms with Gasteiger partial charge in [0.15, 0.2) is 0 Å². The Morgan fingerprint density at radius 2 is 1.85 bits per heavy atom. The van der Waals surface area contributed by atoms with Crippen molar-refractivity contribution >= 4 is 23.3 Å². The average Bonchev–Trinajstić information content (AvgIpc) is 2.48. The predicted octanol–water partition coefficient (Wildman–Crippen LogP) is 1.18.